The Labute approximate surface area is 158 Å². The summed E-state index contributed by atoms with van der Waals surface area (Å²) in [5.74, 6) is 1.46. The van der Waals surface area contributed by atoms with Gasteiger partial charge in [-0.1, -0.05) is 12.1 Å². The van der Waals surface area contributed by atoms with Gasteiger partial charge in [0.1, 0.15) is 18.1 Å². The van der Waals surface area contributed by atoms with Gasteiger partial charge in [-0.05, 0) is 50.2 Å². The Bertz CT molecular complexity index is 970. The molecule has 1 amide bonds. The lowest BCUT2D eigenvalue weighted by atomic mass is 10.2. The highest BCUT2D eigenvalue weighted by molar-refractivity contribution is 5.94. The van der Waals surface area contributed by atoms with Crippen LogP contribution in [0.3, 0.4) is 0 Å². The molecule has 1 aromatic heterocycles. The summed E-state index contributed by atoms with van der Waals surface area (Å²) in [5, 5.41) is 8.98. The van der Waals surface area contributed by atoms with E-state index in [0.717, 1.165) is 28.3 Å². The summed E-state index contributed by atoms with van der Waals surface area (Å²) < 4.78 is 7.37. The van der Waals surface area contributed by atoms with Crippen molar-refractivity contribution in [3.63, 3.8) is 0 Å². The highest BCUT2D eigenvalue weighted by Gasteiger charge is 2.18. The molecule has 6 heteroatoms. The number of rotatable bonds is 7. The van der Waals surface area contributed by atoms with E-state index in [0.29, 0.717) is 13.2 Å². The number of para-hydroxylation sites is 2. The first-order valence-corrected chi connectivity index (χ1v) is 8.96. The molecule has 3 rings (SSSR count). The number of benzene rings is 2. The lowest BCUT2D eigenvalue weighted by Gasteiger charge is -2.23. The van der Waals surface area contributed by atoms with Crippen LogP contribution in [0.5, 0.6) is 5.75 Å². The number of nitriles is 1. The lowest BCUT2D eigenvalue weighted by Crippen LogP contribution is -2.34. The van der Waals surface area contributed by atoms with Crippen LogP contribution < -0.4 is 9.64 Å². The second kappa shape index (κ2) is 8.37. The van der Waals surface area contributed by atoms with E-state index in [2.05, 4.69) is 11.1 Å². The van der Waals surface area contributed by atoms with E-state index in [1.165, 1.54) is 0 Å². The molecular formula is C21H22N4O2. The number of anilines is 1. The maximum atomic E-state index is 13.1. The molecule has 0 bridgehead atoms. The fourth-order valence-corrected chi connectivity index (χ4v) is 3.06. The van der Waals surface area contributed by atoms with Gasteiger partial charge in [-0.15, -0.1) is 0 Å². The van der Waals surface area contributed by atoms with Crippen LogP contribution >= 0.6 is 0 Å². The van der Waals surface area contributed by atoms with Gasteiger partial charge in [-0.25, -0.2) is 4.98 Å². The summed E-state index contributed by atoms with van der Waals surface area (Å²) in [7, 11) is 0. The molecular weight excluding hydrogens is 340 g/mol. The van der Waals surface area contributed by atoms with Gasteiger partial charge >= 0.3 is 0 Å². The Kier molecular flexibility index (Phi) is 5.72. The van der Waals surface area contributed by atoms with Crippen LogP contribution in [0.25, 0.3) is 11.0 Å². The van der Waals surface area contributed by atoms with Gasteiger partial charge < -0.3 is 14.2 Å². The van der Waals surface area contributed by atoms with Crippen molar-refractivity contribution in [3.05, 3.63) is 54.4 Å². The van der Waals surface area contributed by atoms with Gasteiger partial charge in [-0.3, -0.25) is 4.79 Å². The molecule has 0 unspecified atom stereocenters. The van der Waals surface area contributed by atoms with E-state index in [-0.39, 0.29) is 18.9 Å². The normalized spacial score (nSPS) is 10.6. The van der Waals surface area contributed by atoms with E-state index in [1.807, 2.05) is 66.9 Å². The summed E-state index contributed by atoms with van der Waals surface area (Å²) >= 11 is 0. The second-order valence-corrected chi connectivity index (χ2v) is 6.11. The lowest BCUT2D eigenvalue weighted by molar-refractivity contribution is -0.119. The van der Waals surface area contributed by atoms with Crippen LogP contribution in [0.1, 0.15) is 19.2 Å². The molecule has 3 aromatic rings. The zero-order valence-corrected chi connectivity index (χ0v) is 15.6. The number of fused-ring (bicyclic) bond motifs is 1. The molecule has 0 spiro atoms. The number of hydrogen-bond acceptors (Lipinski definition) is 4. The molecule has 138 valence electrons. The molecule has 0 radical (unpaired) electrons. The molecule has 2 aromatic carbocycles. The van der Waals surface area contributed by atoms with E-state index in [1.54, 1.807) is 4.90 Å². The van der Waals surface area contributed by atoms with Gasteiger partial charge in [0.2, 0.25) is 5.91 Å². The molecule has 0 N–H and O–H groups in total. The Hall–Kier alpha value is -3.33. The summed E-state index contributed by atoms with van der Waals surface area (Å²) in [6.45, 7) is 4.92. The van der Waals surface area contributed by atoms with Crippen LogP contribution in [0.15, 0.2) is 48.5 Å². The third-order valence-electron chi connectivity index (χ3n) is 4.35. The minimum atomic E-state index is -0.0827. The van der Waals surface area contributed by atoms with Crippen molar-refractivity contribution in [3.8, 4) is 11.8 Å². The van der Waals surface area contributed by atoms with Gasteiger partial charge in [0.15, 0.2) is 0 Å². The summed E-state index contributed by atoms with van der Waals surface area (Å²) in [6, 6.07) is 17.2. The molecule has 0 aliphatic carbocycles. The largest absolute Gasteiger partial charge is 0.494 e. The number of carbonyl (C=O) groups is 1. The van der Waals surface area contributed by atoms with Crippen molar-refractivity contribution in [2.24, 2.45) is 0 Å². The number of carbonyl (C=O) groups excluding carboxylic acids is 1. The maximum absolute atomic E-state index is 13.1. The topological polar surface area (TPSA) is 71.2 Å². The second-order valence-electron chi connectivity index (χ2n) is 6.11. The zero-order chi connectivity index (χ0) is 19.2. The Balaban J connectivity index is 1.87. The van der Waals surface area contributed by atoms with Crippen molar-refractivity contribution in [1.29, 1.82) is 5.26 Å². The first-order chi connectivity index (χ1) is 13.1. The Morgan fingerprint density at radius 2 is 1.96 bits per heavy atom. The summed E-state index contributed by atoms with van der Waals surface area (Å²) in [4.78, 5) is 19.2. The molecule has 0 saturated carbocycles. The van der Waals surface area contributed by atoms with E-state index < -0.39 is 0 Å². The number of aromatic nitrogens is 2. The van der Waals surface area contributed by atoms with Crippen LogP contribution in [0, 0.1) is 18.3 Å². The smallest absolute Gasteiger partial charge is 0.247 e. The van der Waals surface area contributed by atoms with Gasteiger partial charge in [0, 0.05) is 12.2 Å². The average Bonchev–Trinajstić information content (AvgIpc) is 2.99. The molecule has 27 heavy (non-hydrogen) atoms. The highest BCUT2D eigenvalue weighted by atomic mass is 16.5. The zero-order valence-electron chi connectivity index (χ0n) is 15.6. The van der Waals surface area contributed by atoms with Crippen molar-refractivity contribution in [2.75, 3.05) is 18.1 Å². The molecule has 0 saturated heterocycles. The van der Waals surface area contributed by atoms with Crippen LogP contribution in [0.2, 0.25) is 0 Å². The van der Waals surface area contributed by atoms with Crippen molar-refractivity contribution >= 4 is 22.6 Å². The average molecular weight is 362 g/mol. The van der Waals surface area contributed by atoms with Crippen LogP contribution in [-0.2, 0) is 11.3 Å². The summed E-state index contributed by atoms with van der Waals surface area (Å²) in [5.41, 5.74) is 2.54. The fourth-order valence-electron chi connectivity index (χ4n) is 3.06. The number of ether oxygens (including phenoxy) is 1. The molecule has 1 heterocycles. The van der Waals surface area contributed by atoms with Crippen molar-refractivity contribution in [2.45, 2.75) is 26.8 Å². The fraction of sp³-hybridized carbons (Fsp3) is 0.286. The minimum Gasteiger partial charge on any atom is -0.494 e. The first-order valence-electron chi connectivity index (χ1n) is 8.96. The SMILES string of the molecule is CCOc1ccc(N(CCC#N)C(=O)Cn2c(C)nc3ccccc32)cc1. The Morgan fingerprint density at radius 3 is 2.67 bits per heavy atom. The summed E-state index contributed by atoms with van der Waals surface area (Å²) in [6.07, 6.45) is 0.266. The quantitative estimate of drug-likeness (QED) is 0.643. The van der Waals surface area contributed by atoms with Crippen LogP contribution in [-0.4, -0.2) is 28.6 Å². The van der Waals surface area contributed by atoms with Gasteiger partial charge in [0.05, 0.1) is 30.1 Å². The van der Waals surface area contributed by atoms with Crippen molar-refractivity contribution in [1.82, 2.24) is 9.55 Å². The number of aryl methyl sites for hydroxylation is 1. The molecule has 6 nitrogen and oxygen atoms in total. The standard InChI is InChI=1S/C21H22N4O2/c1-3-27-18-11-9-17(10-12-18)24(14-6-13-22)21(26)15-25-16(2)23-19-7-4-5-8-20(19)25/h4-5,7-12H,3,6,14-15H2,1-2H3. The van der Waals surface area contributed by atoms with E-state index in [9.17, 15) is 4.79 Å². The molecule has 0 fully saturated rings. The third kappa shape index (κ3) is 4.09. The number of nitrogens with zero attached hydrogens (tertiary/aromatic N) is 4. The predicted molar refractivity (Wildman–Crippen MR) is 105 cm³/mol. The van der Waals surface area contributed by atoms with Gasteiger partial charge in [0.25, 0.3) is 0 Å². The van der Waals surface area contributed by atoms with Crippen molar-refractivity contribution < 1.29 is 9.53 Å². The molecule has 0 aliphatic rings. The molecule has 0 aliphatic heterocycles. The van der Waals surface area contributed by atoms with E-state index >= 15 is 0 Å². The number of imidazole rings is 1. The van der Waals surface area contributed by atoms with Gasteiger partial charge in [-0.2, -0.15) is 5.26 Å². The minimum absolute atomic E-state index is 0.0827. The van der Waals surface area contributed by atoms with E-state index in [4.69, 9.17) is 10.00 Å². The van der Waals surface area contributed by atoms with Crippen LogP contribution in [0.4, 0.5) is 5.69 Å². The number of hydrogen-bond donors (Lipinski definition) is 0. The molecule has 0 atom stereocenters. The highest BCUT2D eigenvalue weighted by Crippen LogP contribution is 2.22. The predicted octanol–water partition coefficient (Wildman–Crippen LogP) is 3.69. The Morgan fingerprint density at radius 1 is 1.22 bits per heavy atom. The number of amides is 1. The third-order valence-corrected chi connectivity index (χ3v) is 4.35. The maximum Gasteiger partial charge on any atom is 0.247 e. The first kappa shape index (κ1) is 18.5. The monoisotopic (exact) mass is 362 g/mol.